The van der Waals surface area contributed by atoms with E-state index >= 15 is 0 Å². The molecule has 11 heavy (non-hydrogen) atoms. The van der Waals surface area contributed by atoms with Crippen LogP contribution in [0.3, 0.4) is 0 Å². The molecule has 1 aromatic heterocycles. The van der Waals surface area contributed by atoms with Crippen LogP contribution in [0.25, 0.3) is 0 Å². The summed E-state index contributed by atoms with van der Waals surface area (Å²) in [4.78, 5) is 14.2. The van der Waals surface area contributed by atoms with Crippen LogP contribution < -0.4 is 5.32 Å². The van der Waals surface area contributed by atoms with E-state index in [0.29, 0.717) is 5.56 Å². The summed E-state index contributed by atoms with van der Waals surface area (Å²) in [6.07, 6.45) is 4.00. The standard InChI is InChI=1S/C8H10N2O/c1-2-10-8-3-4-9-5-7(8)6-11/h3-6H,2H2,1H3,(H,9,10). The van der Waals surface area contributed by atoms with E-state index in [1.807, 2.05) is 6.92 Å². The number of hydrogen-bond acceptors (Lipinski definition) is 3. The summed E-state index contributed by atoms with van der Waals surface area (Å²) in [7, 11) is 0. The summed E-state index contributed by atoms with van der Waals surface area (Å²) in [6, 6.07) is 1.78. The van der Waals surface area contributed by atoms with Crippen LogP contribution in [0, 0.1) is 0 Å². The van der Waals surface area contributed by atoms with Gasteiger partial charge in [0.1, 0.15) is 0 Å². The van der Waals surface area contributed by atoms with E-state index in [2.05, 4.69) is 10.3 Å². The van der Waals surface area contributed by atoms with Crippen molar-refractivity contribution in [2.75, 3.05) is 11.9 Å². The first-order valence-corrected chi connectivity index (χ1v) is 3.51. The van der Waals surface area contributed by atoms with Crippen LogP contribution in [0.2, 0.25) is 0 Å². The molecule has 0 aromatic carbocycles. The first-order chi connectivity index (χ1) is 5.38. The summed E-state index contributed by atoms with van der Waals surface area (Å²) in [5.74, 6) is 0. The van der Waals surface area contributed by atoms with Gasteiger partial charge in [0.05, 0.1) is 5.56 Å². The van der Waals surface area contributed by atoms with Crippen molar-refractivity contribution in [2.24, 2.45) is 0 Å². The molecule has 3 heteroatoms. The lowest BCUT2D eigenvalue weighted by Crippen LogP contribution is -2.00. The molecule has 0 radical (unpaired) electrons. The molecule has 0 bridgehead atoms. The Morgan fingerprint density at radius 3 is 3.18 bits per heavy atom. The van der Waals surface area contributed by atoms with Crippen LogP contribution in [-0.2, 0) is 0 Å². The highest BCUT2D eigenvalue weighted by Gasteiger charge is 1.96. The van der Waals surface area contributed by atoms with Gasteiger partial charge in [0.15, 0.2) is 6.29 Å². The molecule has 58 valence electrons. The largest absolute Gasteiger partial charge is 0.385 e. The highest BCUT2D eigenvalue weighted by Crippen LogP contribution is 2.09. The van der Waals surface area contributed by atoms with Crippen molar-refractivity contribution >= 4 is 12.0 Å². The minimum Gasteiger partial charge on any atom is -0.385 e. The Morgan fingerprint density at radius 2 is 2.55 bits per heavy atom. The summed E-state index contributed by atoms with van der Waals surface area (Å²) in [5, 5.41) is 3.06. The molecule has 1 aromatic rings. The summed E-state index contributed by atoms with van der Waals surface area (Å²) in [6.45, 7) is 2.79. The van der Waals surface area contributed by atoms with Gasteiger partial charge in [-0.25, -0.2) is 0 Å². The normalized spacial score (nSPS) is 9.18. The molecule has 0 aliphatic heterocycles. The second-order valence-corrected chi connectivity index (χ2v) is 2.11. The second kappa shape index (κ2) is 3.71. The highest BCUT2D eigenvalue weighted by atomic mass is 16.1. The zero-order valence-electron chi connectivity index (χ0n) is 6.37. The van der Waals surface area contributed by atoms with Crippen molar-refractivity contribution in [2.45, 2.75) is 6.92 Å². The van der Waals surface area contributed by atoms with Gasteiger partial charge in [-0.05, 0) is 13.0 Å². The van der Waals surface area contributed by atoms with Crippen molar-refractivity contribution in [1.82, 2.24) is 4.98 Å². The second-order valence-electron chi connectivity index (χ2n) is 2.11. The fourth-order valence-electron chi connectivity index (χ4n) is 0.852. The van der Waals surface area contributed by atoms with Crippen LogP contribution in [0.5, 0.6) is 0 Å². The van der Waals surface area contributed by atoms with E-state index < -0.39 is 0 Å². The van der Waals surface area contributed by atoms with Gasteiger partial charge in [-0.1, -0.05) is 0 Å². The first-order valence-electron chi connectivity index (χ1n) is 3.51. The first kappa shape index (κ1) is 7.72. The molecule has 0 aliphatic rings. The predicted octanol–water partition coefficient (Wildman–Crippen LogP) is 1.33. The third kappa shape index (κ3) is 1.77. The zero-order valence-corrected chi connectivity index (χ0v) is 6.37. The van der Waals surface area contributed by atoms with E-state index in [9.17, 15) is 4.79 Å². The maximum absolute atomic E-state index is 10.4. The lowest BCUT2D eigenvalue weighted by molar-refractivity contribution is 0.112. The van der Waals surface area contributed by atoms with Gasteiger partial charge in [0.25, 0.3) is 0 Å². The Hall–Kier alpha value is -1.38. The Morgan fingerprint density at radius 1 is 1.73 bits per heavy atom. The van der Waals surface area contributed by atoms with Gasteiger partial charge in [0, 0.05) is 24.6 Å². The highest BCUT2D eigenvalue weighted by molar-refractivity contribution is 5.83. The van der Waals surface area contributed by atoms with Gasteiger partial charge in [-0.3, -0.25) is 9.78 Å². The third-order valence-electron chi connectivity index (χ3n) is 1.35. The molecule has 0 unspecified atom stereocenters. The van der Waals surface area contributed by atoms with Crippen molar-refractivity contribution in [3.63, 3.8) is 0 Å². The molecule has 0 saturated carbocycles. The van der Waals surface area contributed by atoms with E-state index in [-0.39, 0.29) is 0 Å². The minimum absolute atomic E-state index is 0.606. The number of nitrogens with one attached hydrogen (secondary N) is 1. The fraction of sp³-hybridized carbons (Fsp3) is 0.250. The molecule has 0 fully saturated rings. The molecule has 0 amide bonds. The number of pyridine rings is 1. The van der Waals surface area contributed by atoms with Gasteiger partial charge in [-0.15, -0.1) is 0 Å². The lowest BCUT2D eigenvalue weighted by Gasteiger charge is -2.03. The monoisotopic (exact) mass is 150 g/mol. The number of aromatic nitrogens is 1. The minimum atomic E-state index is 0.606. The maximum atomic E-state index is 10.4. The van der Waals surface area contributed by atoms with Crippen molar-refractivity contribution in [3.8, 4) is 0 Å². The summed E-state index contributed by atoms with van der Waals surface area (Å²) in [5.41, 5.74) is 1.45. The Labute approximate surface area is 65.5 Å². The van der Waals surface area contributed by atoms with Crippen LogP contribution >= 0.6 is 0 Å². The van der Waals surface area contributed by atoms with Gasteiger partial charge in [0.2, 0.25) is 0 Å². The molecule has 0 spiro atoms. The van der Waals surface area contributed by atoms with Gasteiger partial charge >= 0.3 is 0 Å². The number of nitrogens with zero attached hydrogens (tertiary/aromatic N) is 1. The van der Waals surface area contributed by atoms with E-state index in [1.165, 1.54) is 0 Å². The smallest absolute Gasteiger partial charge is 0.153 e. The Bertz CT molecular complexity index is 248. The van der Waals surface area contributed by atoms with Crippen molar-refractivity contribution in [1.29, 1.82) is 0 Å². The topological polar surface area (TPSA) is 42.0 Å². The number of rotatable bonds is 3. The molecule has 0 aliphatic carbocycles. The fourth-order valence-corrected chi connectivity index (χ4v) is 0.852. The van der Waals surface area contributed by atoms with Crippen LogP contribution in [-0.4, -0.2) is 17.8 Å². The van der Waals surface area contributed by atoms with Crippen LogP contribution in [0.1, 0.15) is 17.3 Å². The van der Waals surface area contributed by atoms with Crippen molar-refractivity contribution < 1.29 is 4.79 Å². The predicted molar refractivity (Wildman–Crippen MR) is 43.8 cm³/mol. The average molecular weight is 150 g/mol. The molecule has 1 heterocycles. The number of carbonyl (C=O) groups excluding carboxylic acids is 1. The number of carbonyl (C=O) groups is 1. The van der Waals surface area contributed by atoms with E-state index in [4.69, 9.17) is 0 Å². The van der Waals surface area contributed by atoms with Gasteiger partial charge in [-0.2, -0.15) is 0 Å². The Kier molecular flexibility index (Phi) is 2.60. The lowest BCUT2D eigenvalue weighted by atomic mass is 10.2. The third-order valence-corrected chi connectivity index (χ3v) is 1.35. The molecule has 3 nitrogen and oxygen atoms in total. The summed E-state index contributed by atoms with van der Waals surface area (Å²) >= 11 is 0. The summed E-state index contributed by atoms with van der Waals surface area (Å²) < 4.78 is 0. The number of hydrogen-bond donors (Lipinski definition) is 1. The van der Waals surface area contributed by atoms with Crippen molar-refractivity contribution in [3.05, 3.63) is 24.0 Å². The van der Waals surface area contributed by atoms with E-state index in [0.717, 1.165) is 18.5 Å². The van der Waals surface area contributed by atoms with E-state index in [1.54, 1.807) is 18.5 Å². The SMILES string of the molecule is CCNc1ccncc1C=O. The molecule has 0 atom stereocenters. The van der Waals surface area contributed by atoms with Gasteiger partial charge < -0.3 is 5.32 Å². The zero-order chi connectivity index (χ0) is 8.10. The van der Waals surface area contributed by atoms with Crippen LogP contribution in [0.15, 0.2) is 18.5 Å². The molecular weight excluding hydrogens is 140 g/mol. The average Bonchev–Trinajstić information content (AvgIpc) is 2.06. The molecular formula is C8H10N2O. The quantitative estimate of drug-likeness (QED) is 0.661. The maximum Gasteiger partial charge on any atom is 0.153 e. The van der Waals surface area contributed by atoms with Crippen LogP contribution in [0.4, 0.5) is 5.69 Å². The molecule has 0 saturated heterocycles. The molecule has 1 N–H and O–H groups in total. The number of anilines is 1. The Balaban J connectivity index is 2.92. The number of aldehydes is 1. The molecule has 1 rings (SSSR count).